The van der Waals surface area contributed by atoms with Gasteiger partial charge in [-0.3, -0.25) is 13.9 Å². The van der Waals surface area contributed by atoms with Gasteiger partial charge in [-0.15, -0.1) is 0 Å². The van der Waals surface area contributed by atoms with Crippen molar-refractivity contribution in [2.24, 2.45) is 14.1 Å². The van der Waals surface area contributed by atoms with E-state index in [4.69, 9.17) is 4.74 Å². The molecule has 2 aromatic heterocycles. The molecule has 0 aliphatic rings. The number of carboxylic acids is 1. The van der Waals surface area contributed by atoms with Crippen LogP contribution < -0.4 is 21.1 Å². The van der Waals surface area contributed by atoms with Crippen molar-refractivity contribution in [3.8, 4) is 17.1 Å². The van der Waals surface area contributed by atoms with Crippen molar-refractivity contribution in [1.82, 2.24) is 19.1 Å². The minimum atomic E-state index is -1.29. The fraction of sp³-hybridized carbons (Fsp3) is 0.316. The molecule has 0 saturated carbocycles. The molecule has 3 rings (SSSR count). The van der Waals surface area contributed by atoms with Crippen molar-refractivity contribution >= 4 is 28.8 Å². The SMILES string of the molecule is CCOc1ccc(-c2nc(S[C@H](C)C(=O)[O-])c3c(=O)n(C)c(=O)n(C)c3n2)cc1. The lowest BCUT2D eigenvalue weighted by Gasteiger charge is -2.15. The van der Waals surface area contributed by atoms with Crippen LogP contribution in [0.25, 0.3) is 22.4 Å². The normalized spacial score (nSPS) is 12.1. The summed E-state index contributed by atoms with van der Waals surface area (Å²) in [5, 5.41) is 10.5. The second kappa shape index (κ2) is 8.08. The molecule has 0 unspecified atom stereocenters. The van der Waals surface area contributed by atoms with Crippen LogP contribution in [0.4, 0.5) is 0 Å². The van der Waals surface area contributed by atoms with Crippen molar-refractivity contribution in [3.63, 3.8) is 0 Å². The number of hydrogen-bond acceptors (Lipinski definition) is 8. The van der Waals surface area contributed by atoms with Crippen molar-refractivity contribution in [2.45, 2.75) is 24.1 Å². The Morgan fingerprint density at radius 2 is 1.83 bits per heavy atom. The molecule has 152 valence electrons. The molecule has 1 atom stereocenters. The van der Waals surface area contributed by atoms with Crippen LogP contribution in [-0.4, -0.2) is 36.9 Å². The van der Waals surface area contributed by atoms with E-state index in [1.807, 2.05) is 6.92 Å². The minimum Gasteiger partial charge on any atom is -0.549 e. The molecule has 0 radical (unpaired) electrons. The third-order valence-electron chi connectivity index (χ3n) is 4.31. The van der Waals surface area contributed by atoms with E-state index in [2.05, 4.69) is 9.97 Å². The van der Waals surface area contributed by atoms with Gasteiger partial charge in [-0.1, -0.05) is 11.8 Å². The van der Waals surface area contributed by atoms with Gasteiger partial charge in [0.05, 0.1) is 12.6 Å². The maximum Gasteiger partial charge on any atom is 0.332 e. The first-order valence-corrected chi connectivity index (χ1v) is 9.71. The molecule has 2 heterocycles. The van der Waals surface area contributed by atoms with Crippen molar-refractivity contribution in [3.05, 3.63) is 45.1 Å². The summed E-state index contributed by atoms with van der Waals surface area (Å²) in [6.45, 7) is 3.85. The average Bonchev–Trinajstić information content (AvgIpc) is 2.70. The van der Waals surface area contributed by atoms with E-state index in [0.717, 1.165) is 16.3 Å². The number of carbonyl (C=O) groups excluding carboxylic acids is 1. The number of thioether (sulfide) groups is 1. The van der Waals surface area contributed by atoms with Crippen LogP contribution in [0.3, 0.4) is 0 Å². The monoisotopic (exact) mass is 415 g/mol. The van der Waals surface area contributed by atoms with Gasteiger partial charge in [0.2, 0.25) is 0 Å². The number of nitrogens with zero attached hydrogens (tertiary/aromatic N) is 4. The Morgan fingerprint density at radius 1 is 1.17 bits per heavy atom. The highest BCUT2D eigenvalue weighted by Crippen LogP contribution is 2.29. The zero-order valence-electron chi connectivity index (χ0n) is 16.3. The number of aryl methyl sites for hydroxylation is 1. The van der Waals surface area contributed by atoms with E-state index >= 15 is 0 Å². The molecular formula is C19H19N4O5S-. The largest absolute Gasteiger partial charge is 0.549 e. The van der Waals surface area contributed by atoms with Gasteiger partial charge >= 0.3 is 5.69 Å². The van der Waals surface area contributed by atoms with E-state index in [1.165, 1.54) is 25.6 Å². The first-order chi connectivity index (χ1) is 13.7. The zero-order valence-corrected chi connectivity index (χ0v) is 17.1. The van der Waals surface area contributed by atoms with Gasteiger partial charge in [-0.05, 0) is 38.1 Å². The van der Waals surface area contributed by atoms with Gasteiger partial charge in [-0.25, -0.2) is 14.8 Å². The molecule has 0 aliphatic heterocycles. The van der Waals surface area contributed by atoms with Crippen molar-refractivity contribution in [1.29, 1.82) is 0 Å². The lowest BCUT2D eigenvalue weighted by Crippen LogP contribution is -2.38. The third kappa shape index (κ3) is 3.88. The van der Waals surface area contributed by atoms with Crippen molar-refractivity contribution < 1.29 is 14.6 Å². The number of hydrogen-bond donors (Lipinski definition) is 0. The van der Waals surface area contributed by atoms with Gasteiger partial charge in [-0.2, -0.15) is 0 Å². The molecule has 0 N–H and O–H groups in total. The predicted molar refractivity (Wildman–Crippen MR) is 107 cm³/mol. The Bertz CT molecular complexity index is 1200. The summed E-state index contributed by atoms with van der Waals surface area (Å²) in [6.07, 6.45) is 0. The Balaban J connectivity index is 2.28. The van der Waals surface area contributed by atoms with Gasteiger partial charge in [0.15, 0.2) is 11.5 Å². The molecule has 0 saturated heterocycles. The predicted octanol–water partition coefficient (Wildman–Crippen LogP) is 0.323. The Labute approximate surface area is 170 Å². The van der Waals surface area contributed by atoms with Gasteiger partial charge < -0.3 is 14.6 Å². The first-order valence-electron chi connectivity index (χ1n) is 8.83. The number of ether oxygens (including phenoxy) is 1. The quantitative estimate of drug-likeness (QED) is 0.417. The number of rotatable bonds is 6. The smallest absolute Gasteiger partial charge is 0.332 e. The molecule has 0 amide bonds. The highest BCUT2D eigenvalue weighted by molar-refractivity contribution is 8.00. The number of carboxylic acid groups (broad SMARTS) is 1. The Hall–Kier alpha value is -3.14. The maximum absolute atomic E-state index is 12.7. The topological polar surface area (TPSA) is 119 Å². The molecule has 0 spiro atoms. The van der Waals surface area contributed by atoms with Gasteiger partial charge in [0.1, 0.15) is 16.2 Å². The maximum atomic E-state index is 12.7. The lowest BCUT2D eigenvalue weighted by molar-refractivity contribution is -0.304. The van der Waals surface area contributed by atoms with Gasteiger partial charge in [0, 0.05) is 24.9 Å². The highest BCUT2D eigenvalue weighted by atomic mass is 32.2. The van der Waals surface area contributed by atoms with Crippen LogP contribution >= 0.6 is 11.8 Å². The van der Waals surface area contributed by atoms with Crippen molar-refractivity contribution in [2.75, 3.05) is 6.61 Å². The molecule has 0 fully saturated rings. The van der Waals surface area contributed by atoms with E-state index < -0.39 is 22.5 Å². The zero-order chi connectivity index (χ0) is 21.3. The standard InChI is InChI=1S/C19H20N4O5S/c1-5-28-12-8-6-11(7-9-12)14-20-15-13(16(21-14)29-10(2)18(25)26)17(24)23(4)19(27)22(15)3/h6-10H,5H2,1-4H3,(H,25,26)/p-1/t10-/m1/s1. The van der Waals surface area contributed by atoms with E-state index in [-0.39, 0.29) is 21.9 Å². The summed E-state index contributed by atoms with van der Waals surface area (Å²) in [6, 6.07) is 7.02. The van der Waals surface area contributed by atoms with Crippen LogP contribution in [0, 0.1) is 0 Å². The van der Waals surface area contributed by atoms with Crippen LogP contribution in [0.1, 0.15) is 13.8 Å². The number of fused-ring (bicyclic) bond motifs is 1. The molecular weight excluding hydrogens is 396 g/mol. The molecule has 0 bridgehead atoms. The van der Waals surface area contributed by atoms with Gasteiger partial charge in [0.25, 0.3) is 5.56 Å². The third-order valence-corrected chi connectivity index (χ3v) is 5.38. The highest BCUT2D eigenvalue weighted by Gasteiger charge is 2.20. The second-order valence-corrected chi connectivity index (χ2v) is 7.62. The molecule has 9 nitrogen and oxygen atoms in total. The molecule has 29 heavy (non-hydrogen) atoms. The minimum absolute atomic E-state index is 0.0855. The summed E-state index contributed by atoms with van der Waals surface area (Å²) in [4.78, 5) is 45.2. The van der Waals surface area contributed by atoms with Crippen LogP contribution in [0.2, 0.25) is 0 Å². The summed E-state index contributed by atoms with van der Waals surface area (Å²) in [7, 11) is 2.84. The lowest BCUT2D eigenvalue weighted by atomic mass is 10.2. The summed E-state index contributed by atoms with van der Waals surface area (Å²) in [5.74, 6) is -0.346. The summed E-state index contributed by atoms with van der Waals surface area (Å²) < 4.78 is 7.61. The summed E-state index contributed by atoms with van der Waals surface area (Å²) in [5.41, 5.74) is -0.367. The van der Waals surface area contributed by atoms with Crippen LogP contribution in [0.15, 0.2) is 38.9 Å². The number of aliphatic carboxylic acids is 1. The molecule has 0 aliphatic carbocycles. The molecule has 10 heteroatoms. The Kier molecular flexibility index (Phi) is 5.73. The second-order valence-electron chi connectivity index (χ2n) is 6.29. The molecule has 3 aromatic rings. The fourth-order valence-electron chi connectivity index (χ4n) is 2.73. The molecule has 1 aromatic carbocycles. The number of aromatic nitrogens is 4. The average molecular weight is 415 g/mol. The number of carbonyl (C=O) groups is 1. The fourth-order valence-corrected chi connectivity index (χ4v) is 3.59. The first kappa shape index (κ1) is 20.6. The van der Waals surface area contributed by atoms with Crippen LogP contribution in [-0.2, 0) is 18.9 Å². The van der Waals surface area contributed by atoms with E-state index in [1.54, 1.807) is 24.3 Å². The van der Waals surface area contributed by atoms with E-state index in [9.17, 15) is 19.5 Å². The summed E-state index contributed by atoms with van der Waals surface area (Å²) >= 11 is 0.872. The van der Waals surface area contributed by atoms with Crippen LogP contribution in [0.5, 0.6) is 5.75 Å². The Morgan fingerprint density at radius 3 is 2.41 bits per heavy atom. The van der Waals surface area contributed by atoms with E-state index in [0.29, 0.717) is 17.9 Å². The number of benzene rings is 1.